The number of carbonyl (C=O) groups is 1. The molecular weight excluding hydrogens is 412 g/mol. The fourth-order valence-electron chi connectivity index (χ4n) is 3.48. The number of aromatic nitrogens is 1. The van der Waals surface area contributed by atoms with Crippen LogP contribution in [0.1, 0.15) is 42.1 Å². The van der Waals surface area contributed by atoms with Crippen LogP contribution in [0.4, 0.5) is 13.6 Å². The molecule has 0 aliphatic heterocycles. The summed E-state index contributed by atoms with van der Waals surface area (Å²) in [6.07, 6.45) is 2.20. The van der Waals surface area contributed by atoms with Gasteiger partial charge in [0.25, 0.3) is 0 Å². The number of carboxylic acid groups (broad SMARTS) is 1. The molecule has 0 bridgehead atoms. The highest BCUT2D eigenvalue weighted by Crippen LogP contribution is 2.47. The quantitative estimate of drug-likeness (QED) is 0.455. The number of halogens is 2. The minimum absolute atomic E-state index is 0.0318. The third-order valence-corrected chi connectivity index (χ3v) is 6.38. The van der Waals surface area contributed by atoms with Gasteiger partial charge >= 0.3 is 6.09 Å². The van der Waals surface area contributed by atoms with Gasteiger partial charge in [-0.15, -0.1) is 11.3 Å². The van der Waals surface area contributed by atoms with Crippen molar-refractivity contribution in [3.05, 3.63) is 51.5 Å². The van der Waals surface area contributed by atoms with E-state index in [1.54, 1.807) is 11.3 Å². The average molecular weight is 440 g/mol. The van der Waals surface area contributed by atoms with Crippen molar-refractivity contribution in [2.24, 2.45) is 5.92 Å². The van der Waals surface area contributed by atoms with Gasteiger partial charge in [0.1, 0.15) is 11.6 Å². The molecule has 1 saturated carbocycles. The summed E-state index contributed by atoms with van der Waals surface area (Å²) in [6, 6.07) is 2.11. The number of nitrogens with one attached hydrogen (secondary N) is 2. The molecule has 0 saturated heterocycles. The number of rotatable bonds is 10. The van der Waals surface area contributed by atoms with Crippen LogP contribution in [0, 0.1) is 17.6 Å². The van der Waals surface area contributed by atoms with Gasteiger partial charge in [0.15, 0.2) is 0 Å². The topological polar surface area (TPSA) is 94.5 Å². The van der Waals surface area contributed by atoms with Gasteiger partial charge in [0, 0.05) is 30.1 Å². The largest absolute Gasteiger partial charge is 0.465 e. The van der Waals surface area contributed by atoms with E-state index in [4.69, 9.17) is 5.11 Å². The number of hydrogen-bond acceptors (Lipinski definition) is 5. The maximum Gasteiger partial charge on any atom is 0.404 e. The summed E-state index contributed by atoms with van der Waals surface area (Å²) in [4.78, 5) is 16.8. The highest BCUT2D eigenvalue weighted by Gasteiger charge is 2.46. The van der Waals surface area contributed by atoms with E-state index >= 15 is 0 Å². The second-order valence-corrected chi connectivity index (χ2v) is 9.40. The summed E-state index contributed by atoms with van der Waals surface area (Å²) in [5.41, 5.74) is 0.0271. The number of thiazole rings is 1. The summed E-state index contributed by atoms with van der Waals surface area (Å²) in [7, 11) is 0. The molecule has 0 unspecified atom stereocenters. The Morgan fingerprint density at radius 2 is 1.90 bits per heavy atom. The average Bonchev–Trinajstić information content (AvgIpc) is 3.28. The number of aliphatic hydroxyl groups excluding tert-OH is 1. The van der Waals surface area contributed by atoms with Crippen molar-refractivity contribution in [1.29, 1.82) is 0 Å². The Balaban J connectivity index is 1.64. The van der Waals surface area contributed by atoms with Crippen molar-refractivity contribution in [3.63, 3.8) is 0 Å². The molecular formula is C21H27F2N3O3S. The van der Waals surface area contributed by atoms with Crippen molar-refractivity contribution < 1.29 is 23.8 Å². The highest BCUT2D eigenvalue weighted by atomic mass is 32.1. The summed E-state index contributed by atoms with van der Waals surface area (Å²) < 4.78 is 26.9. The van der Waals surface area contributed by atoms with Gasteiger partial charge in [-0.2, -0.15) is 0 Å². The molecule has 3 rings (SSSR count). The first-order chi connectivity index (χ1) is 14.2. The fourth-order valence-corrected chi connectivity index (χ4v) is 4.83. The van der Waals surface area contributed by atoms with Crippen LogP contribution in [0.15, 0.2) is 24.4 Å². The maximum absolute atomic E-state index is 13.5. The molecule has 9 heteroatoms. The minimum atomic E-state index is -1.31. The van der Waals surface area contributed by atoms with Crippen LogP contribution < -0.4 is 10.6 Å². The molecule has 0 radical (unpaired) electrons. The van der Waals surface area contributed by atoms with Gasteiger partial charge in [-0.25, -0.2) is 18.6 Å². The van der Waals surface area contributed by atoms with Crippen LogP contribution in [-0.4, -0.2) is 40.0 Å². The zero-order chi connectivity index (χ0) is 21.9. The molecule has 1 aromatic heterocycles. The first kappa shape index (κ1) is 22.6. The van der Waals surface area contributed by atoms with E-state index in [0.717, 1.165) is 47.3 Å². The Labute approximate surface area is 178 Å². The Morgan fingerprint density at radius 1 is 1.23 bits per heavy atom. The first-order valence-electron chi connectivity index (χ1n) is 9.99. The van der Waals surface area contributed by atoms with Crippen LogP contribution >= 0.6 is 11.3 Å². The summed E-state index contributed by atoms with van der Waals surface area (Å²) >= 11 is 1.66. The fraction of sp³-hybridized carbons (Fsp3) is 0.524. The molecule has 1 heterocycles. The number of benzene rings is 1. The van der Waals surface area contributed by atoms with Crippen molar-refractivity contribution in [2.45, 2.75) is 57.2 Å². The summed E-state index contributed by atoms with van der Waals surface area (Å²) in [6.45, 7) is 4.42. The molecule has 2 aromatic rings. The minimum Gasteiger partial charge on any atom is -0.465 e. The van der Waals surface area contributed by atoms with E-state index in [0.29, 0.717) is 5.92 Å². The van der Waals surface area contributed by atoms with Crippen molar-refractivity contribution in [3.8, 4) is 0 Å². The second-order valence-electron chi connectivity index (χ2n) is 8.28. The van der Waals surface area contributed by atoms with Crippen molar-refractivity contribution >= 4 is 17.4 Å². The highest BCUT2D eigenvalue weighted by molar-refractivity contribution is 7.11. The predicted molar refractivity (Wildman–Crippen MR) is 111 cm³/mol. The van der Waals surface area contributed by atoms with E-state index in [1.807, 2.05) is 6.20 Å². The predicted octanol–water partition coefficient (Wildman–Crippen LogP) is 3.44. The molecule has 1 fully saturated rings. The molecule has 4 N–H and O–H groups in total. The number of aliphatic hydroxyl groups is 1. The molecule has 1 amide bonds. The van der Waals surface area contributed by atoms with Gasteiger partial charge in [0.05, 0.1) is 22.7 Å². The standard InChI is InChI=1S/C21H27F2N3O3S/c1-12(2)5-19-24-11-18(30-19)21(3-4-21)25-10-17(27)16(26-20(28)29)8-13-6-14(22)9-15(23)7-13/h6-7,9,11-12,16-17,25-27H,3-5,8,10H2,1-2H3,(H,28,29)/t16-,17+/m0/s1. The van der Waals surface area contributed by atoms with Gasteiger partial charge in [0.2, 0.25) is 0 Å². The molecule has 1 aliphatic carbocycles. The van der Waals surface area contributed by atoms with E-state index in [1.165, 1.54) is 0 Å². The third kappa shape index (κ3) is 5.96. The molecule has 1 aromatic carbocycles. The van der Waals surface area contributed by atoms with Crippen LogP contribution in [0.5, 0.6) is 0 Å². The van der Waals surface area contributed by atoms with Crippen LogP contribution in [0.2, 0.25) is 0 Å². The normalized spacial score (nSPS) is 17.0. The van der Waals surface area contributed by atoms with E-state index in [2.05, 4.69) is 29.5 Å². The summed E-state index contributed by atoms with van der Waals surface area (Å²) in [5.74, 6) is -0.971. The summed E-state index contributed by atoms with van der Waals surface area (Å²) in [5, 5.41) is 26.4. The SMILES string of the molecule is CC(C)Cc1ncc(C2(NC[C@@H](O)[C@H](Cc3cc(F)cc(F)c3)NC(=O)O)CC2)s1. The smallest absolute Gasteiger partial charge is 0.404 e. The Hall–Kier alpha value is -2.10. The lowest BCUT2D eigenvalue weighted by molar-refractivity contribution is 0.114. The van der Waals surface area contributed by atoms with Gasteiger partial charge in [-0.1, -0.05) is 13.8 Å². The molecule has 30 heavy (non-hydrogen) atoms. The van der Waals surface area contributed by atoms with Crippen LogP contribution in [0.3, 0.4) is 0 Å². The second kappa shape index (κ2) is 9.36. The van der Waals surface area contributed by atoms with Crippen molar-refractivity contribution in [2.75, 3.05) is 6.54 Å². The van der Waals surface area contributed by atoms with E-state index in [9.17, 15) is 18.7 Å². The Kier molecular flexibility index (Phi) is 7.05. The Bertz CT molecular complexity index is 866. The molecule has 1 aliphatic rings. The number of amides is 1. The first-order valence-corrected chi connectivity index (χ1v) is 10.8. The third-order valence-electron chi connectivity index (χ3n) is 5.16. The van der Waals surface area contributed by atoms with Crippen LogP contribution in [-0.2, 0) is 18.4 Å². The molecule has 0 spiro atoms. The van der Waals surface area contributed by atoms with Gasteiger partial charge in [-0.05, 0) is 42.9 Å². The lowest BCUT2D eigenvalue weighted by Crippen LogP contribution is -2.49. The number of nitrogens with zero attached hydrogens (tertiary/aromatic N) is 1. The van der Waals surface area contributed by atoms with Crippen LogP contribution in [0.25, 0.3) is 0 Å². The monoisotopic (exact) mass is 439 g/mol. The van der Waals surface area contributed by atoms with Crippen molar-refractivity contribution in [1.82, 2.24) is 15.6 Å². The Morgan fingerprint density at radius 3 is 2.47 bits per heavy atom. The van der Waals surface area contributed by atoms with Gasteiger partial charge in [-0.3, -0.25) is 0 Å². The lowest BCUT2D eigenvalue weighted by Gasteiger charge is -2.25. The van der Waals surface area contributed by atoms with Gasteiger partial charge < -0.3 is 20.8 Å². The molecule has 6 nitrogen and oxygen atoms in total. The lowest BCUT2D eigenvalue weighted by atomic mass is 10.0. The number of hydrogen-bond donors (Lipinski definition) is 4. The van der Waals surface area contributed by atoms with E-state index in [-0.39, 0.29) is 24.1 Å². The van der Waals surface area contributed by atoms with E-state index < -0.39 is 29.9 Å². The zero-order valence-electron chi connectivity index (χ0n) is 17.0. The molecule has 2 atom stereocenters. The molecule has 164 valence electrons. The zero-order valence-corrected chi connectivity index (χ0v) is 17.8. The maximum atomic E-state index is 13.5.